The van der Waals surface area contributed by atoms with E-state index in [0.29, 0.717) is 12.2 Å². The highest BCUT2D eigenvalue weighted by Crippen LogP contribution is 2.26. The van der Waals surface area contributed by atoms with Crippen LogP contribution in [0.25, 0.3) is 5.52 Å². The minimum atomic E-state index is 0.368. The lowest BCUT2D eigenvalue weighted by Gasteiger charge is -2.06. The smallest absolute Gasteiger partial charge is 0.133 e. The van der Waals surface area contributed by atoms with Crippen LogP contribution in [0.3, 0.4) is 0 Å². The van der Waals surface area contributed by atoms with E-state index in [1.54, 1.807) is 0 Å². The maximum absolute atomic E-state index is 9.33. The van der Waals surface area contributed by atoms with Gasteiger partial charge in [0.05, 0.1) is 15.6 Å². The van der Waals surface area contributed by atoms with Gasteiger partial charge in [-0.25, -0.2) is 0 Å². The Balaban J connectivity index is 1.92. The summed E-state index contributed by atoms with van der Waals surface area (Å²) < 4.78 is 8.63. The maximum Gasteiger partial charge on any atom is 0.133 e. The van der Waals surface area contributed by atoms with E-state index in [-0.39, 0.29) is 0 Å². The molecule has 2 aromatic heterocycles. The number of hydrogen-bond donors (Lipinski definition) is 0. The van der Waals surface area contributed by atoms with Crippen LogP contribution in [0.2, 0.25) is 0 Å². The van der Waals surface area contributed by atoms with Crippen molar-refractivity contribution in [2.75, 3.05) is 0 Å². The molecule has 0 saturated heterocycles. The fraction of sp³-hybridized carbons (Fsp3) is 0.0625. The second-order valence-corrected chi connectivity index (χ2v) is 5.21. The number of ether oxygens (including phenoxy) is 1. The van der Waals surface area contributed by atoms with Crippen molar-refractivity contribution in [1.82, 2.24) is 4.40 Å². The number of nitrogens with zero attached hydrogens (tertiary/aromatic N) is 2. The van der Waals surface area contributed by atoms with Gasteiger partial charge >= 0.3 is 0 Å². The van der Waals surface area contributed by atoms with Crippen molar-refractivity contribution in [3.63, 3.8) is 0 Å². The van der Waals surface area contributed by atoms with Gasteiger partial charge in [0.1, 0.15) is 18.4 Å². The molecule has 98 valence electrons. The monoisotopic (exact) mass is 326 g/mol. The second-order valence-electron chi connectivity index (χ2n) is 4.35. The molecule has 3 nitrogen and oxygen atoms in total. The molecule has 0 unspecified atom stereocenters. The van der Waals surface area contributed by atoms with Crippen molar-refractivity contribution in [3.8, 4) is 11.8 Å². The molecule has 1 aromatic carbocycles. The van der Waals surface area contributed by atoms with E-state index >= 15 is 0 Å². The fourth-order valence-corrected chi connectivity index (χ4v) is 2.53. The zero-order valence-electron chi connectivity index (χ0n) is 10.6. The topological polar surface area (TPSA) is 37.4 Å². The molecule has 0 atom stereocenters. The molecule has 3 rings (SSSR count). The number of rotatable bonds is 3. The van der Waals surface area contributed by atoms with Crippen molar-refractivity contribution >= 4 is 21.4 Å². The maximum atomic E-state index is 9.33. The van der Waals surface area contributed by atoms with E-state index in [1.165, 1.54) is 0 Å². The zero-order valence-corrected chi connectivity index (χ0v) is 12.2. The number of pyridine rings is 1. The molecule has 0 aliphatic rings. The number of fused-ring (bicyclic) bond motifs is 1. The van der Waals surface area contributed by atoms with Crippen LogP contribution in [-0.2, 0) is 6.61 Å². The van der Waals surface area contributed by atoms with E-state index in [4.69, 9.17) is 4.74 Å². The first-order valence-electron chi connectivity index (χ1n) is 6.15. The van der Waals surface area contributed by atoms with Gasteiger partial charge < -0.3 is 9.14 Å². The zero-order chi connectivity index (χ0) is 13.9. The highest BCUT2D eigenvalue weighted by molar-refractivity contribution is 9.10. The third-order valence-corrected chi connectivity index (χ3v) is 3.75. The van der Waals surface area contributed by atoms with Gasteiger partial charge in [0.15, 0.2) is 0 Å². The molecule has 0 amide bonds. The Kier molecular flexibility index (Phi) is 3.44. The molecule has 0 aliphatic carbocycles. The van der Waals surface area contributed by atoms with E-state index in [9.17, 15) is 5.26 Å². The fourth-order valence-electron chi connectivity index (χ4n) is 2.13. The summed E-state index contributed by atoms with van der Waals surface area (Å²) in [7, 11) is 0. The first kappa shape index (κ1) is 12.8. The number of aromatic nitrogens is 1. The van der Waals surface area contributed by atoms with Crippen molar-refractivity contribution in [2.24, 2.45) is 0 Å². The minimum Gasteiger partial charge on any atom is -0.488 e. The summed E-state index contributed by atoms with van der Waals surface area (Å²) in [5, 5.41) is 9.33. The van der Waals surface area contributed by atoms with Crippen LogP contribution in [0.5, 0.6) is 5.75 Å². The van der Waals surface area contributed by atoms with Gasteiger partial charge in [0, 0.05) is 18.0 Å². The summed E-state index contributed by atoms with van der Waals surface area (Å²) in [6.45, 7) is 0.368. The van der Waals surface area contributed by atoms with Crippen molar-refractivity contribution in [1.29, 1.82) is 5.26 Å². The number of benzene rings is 1. The molecule has 0 aliphatic heterocycles. The van der Waals surface area contributed by atoms with Gasteiger partial charge in [0.2, 0.25) is 0 Å². The number of hydrogen-bond acceptors (Lipinski definition) is 2. The van der Waals surface area contributed by atoms with Crippen LogP contribution in [0.1, 0.15) is 11.1 Å². The summed E-state index contributed by atoms with van der Waals surface area (Å²) in [5.41, 5.74) is 2.45. The van der Waals surface area contributed by atoms with Crippen LogP contribution >= 0.6 is 15.9 Å². The van der Waals surface area contributed by atoms with Crippen LogP contribution in [0.15, 0.2) is 59.3 Å². The molecule has 3 aromatic rings. The molecule has 0 bridgehead atoms. The third kappa shape index (κ3) is 2.28. The predicted molar refractivity (Wildman–Crippen MR) is 80.6 cm³/mol. The van der Waals surface area contributed by atoms with Gasteiger partial charge in [-0.15, -0.1) is 0 Å². The Hall–Kier alpha value is -2.25. The third-order valence-electron chi connectivity index (χ3n) is 3.09. The molecule has 2 heterocycles. The Morgan fingerprint density at radius 2 is 1.95 bits per heavy atom. The van der Waals surface area contributed by atoms with Gasteiger partial charge in [-0.3, -0.25) is 0 Å². The Morgan fingerprint density at radius 3 is 2.75 bits per heavy atom. The quantitative estimate of drug-likeness (QED) is 0.725. The van der Waals surface area contributed by atoms with Gasteiger partial charge in [-0.2, -0.15) is 5.26 Å². The van der Waals surface area contributed by atoms with E-state index in [0.717, 1.165) is 21.3 Å². The number of halogens is 1. The average Bonchev–Trinajstić information content (AvgIpc) is 2.84. The van der Waals surface area contributed by atoms with Crippen molar-refractivity contribution in [2.45, 2.75) is 6.61 Å². The molecule has 0 saturated carbocycles. The number of nitriles is 1. The molecule has 0 spiro atoms. The van der Waals surface area contributed by atoms with Crippen LogP contribution in [0.4, 0.5) is 0 Å². The average molecular weight is 327 g/mol. The lowest BCUT2D eigenvalue weighted by atomic mass is 10.2. The minimum absolute atomic E-state index is 0.368. The highest BCUT2D eigenvalue weighted by atomic mass is 79.9. The summed E-state index contributed by atoms with van der Waals surface area (Å²) in [6, 6.07) is 15.7. The summed E-state index contributed by atoms with van der Waals surface area (Å²) in [4.78, 5) is 0. The van der Waals surface area contributed by atoms with Crippen LogP contribution < -0.4 is 4.74 Å². The lowest BCUT2D eigenvalue weighted by molar-refractivity contribution is 0.304. The van der Waals surface area contributed by atoms with Crippen molar-refractivity contribution in [3.05, 3.63) is 70.5 Å². The standard InChI is InChI=1S/C16H11BrN2O/c17-14-5-1-2-7-16(14)20-11-12-10-19-8-4-3-6-15(19)13(12)9-18/h1-8,10H,11H2. The molecule has 0 radical (unpaired) electrons. The largest absolute Gasteiger partial charge is 0.488 e. The normalized spacial score (nSPS) is 10.4. The SMILES string of the molecule is N#Cc1c(COc2ccccc2Br)cn2ccccc12. The van der Waals surface area contributed by atoms with Crippen molar-refractivity contribution < 1.29 is 4.74 Å². The summed E-state index contributed by atoms with van der Waals surface area (Å²) in [5.74, 6) is 0.770. The predicted octanol–water partition coefficient (Wildman–Crippen LogP) is 4.15. The summed E-state index contributed by atoms with van der Waals surface area (Å²) >= 11 is 3.44. The highest BCUT2D eigenvalue weighted by Gasteiger charge is 2.11. The summed E-state index contributed by atoms with van der Waals surface area (Å²) in [6.07, 6.45) is 3.86. The Bertz CT molecular complexity index is 802. The Morgan fingerprint density at radius 1 is 1.15 bits per heavy atom. The first-order valence-corrected chi connectivity index (χ1v) is 6.95. The second kappa shape index (κ2) is 5.40. The molecule has 0 N–H and O–H groups in total. The van der Waals surface area contributed by atoms with Crippen LogP contribution in [-0.4, -0.2) is 4.40 Å². The van der Waals surface area contributed by atoms with Gasteiger partial charge in [-0.05, 0) is 40.2 Å². The molecule has 4 heteroatoms. The van der Waals surface area contributed by atoms with Gasteiger partial charge in [-0.1, -0.05) is 18.2 Å². The van der Waals surface area contributed by atoms with E-state index < -0.39 is 0 Å². The van der Waals surface area contributed by atoms with E-state index in [1.807, 2.05) is 59.3 Å². The lowest BCUT2D eigenvalue weighted by Crippen LogP contribution is -1.96. The first-order chi connectivity index (χ1) is 9.79. The van der Waals surface area contributed by atoms with Gasteiger partial charge in [0.25, 0.3) is 0 Å². The number of para-hydroxylation sites is 1. The molecular weight excluding hydrogens is 316 g/mol. The molecule has 20 heavy (non-hydrogen) atoms. The molecule has 0 fully saturated rings. The van der Waals surface area contributed by atoms with E-state index in [2.05, 4.69) is 22.0 Å². The Labute approximate surface area is 125 Å². The molecular formula is C16H11BrN2O. The van der Waals surface area contributed by atoms with Crippen LogP contribution in [0, 0.1) is 11.3 Å².